The summed E-state index contributed by atoms with van der Waals surface area (Å²) in [5.41, 5.74) is 0.409. The minimum Gasteiger partial charge on any atom is -0.245 e. The molecular weight excluding hydrogens is 540 g/mol. The number of rotatable bonds is 2. The van der Waals surface area contributed by atoms with Crippen LogP contribution in [0.2, 0.25) is 0 Å². The number of aromatic nitrogens is 2. The monoisotopic (exact) mass is 550 g/mol. The van der Waals surface area contributed by atoms with Gasteiger partial charge < -0.3 is 0 Å². The molecule has 0 saturated heterocycles. The molecule has 2 heterocycles. The van der Waals surface area contributed by atoms with Gasteiger partial charge in [-0.3, -0.25) is 0 Å². The molecule has 0 amide bonds. The van der Waals surface area contributed by atoms with Gasteiger partial charge in [0.25, 0.3) is 0 Å². The minimum atomic E-state index is -4.61. The largest absolute Gasteiger partial charge is 0.435 e. The zero-order chi connectivity index (χ0) is 22.0. The Kier molecular flexibility index (Phi) is 4.64. The van der Waals surface area contributed by atoms with E-state index in [1.54, 1.807) is 24.3 Å². The average molecular weight is 552 g/mol. The Labute approximate surface area is 191 Å². The first-order valence-corrected chi connectivity index (χ1v) is 10.8. The van der Waals surface area contributed by atoms with Crippen molar-refractivity contribution in [3.05, 3.63) is 110 Å². The first kappa shape index (κ1) is 20.5. The molecule has 0 N–H and O–H groups in total. The first-order valence-electron chi connectivity index (χ1n) is 9.21. The summed E-state index contributed by atoms with van der Waals surface area (Å²) in [6, 6.07) is 19.6. The van der Waals surface area contributed by atoms with E-state index in [0.29, 0.717) is 22.3 Å². The number of hydrogen-bond acceptors (Lipinski definition) is 1. The van der Waals surface area contributed by atoms with Gasteiger partial charge in [0.15, 0.2) is 5.69 Å². The van der Waals surface area contributed by atoms with Crippen LogP contribution in [-0.4, -0.2) is 9.78 Å². The van der Waals surface area contributed by atoms with E-state index >= 15 is 0 Å². The molecule has 156 valence electrons. The maximum Gasteiger partial charge on any atom is 0.435 e. The number of nitrogens with zero attached hydrogens (tertiary/aromatic N) is 2. The van der Waals surface area contributed by atoms with Crippen molar-refractivity contribution in [2.24, 2.45) is 0 Å². The van der Waals surface area contributed by atoms with Crippen LogP contribution in [0.15, 0.2) is 81.7 Å². The fourth-order valence-electron chi connectivity index (χ4n) is 4.22. The van der Waals surface area contributed by atoms with Gasteiger partial charge in [-0.25, -0.2) is 9.07 Å². The molecule has 4 aromatic rings. The summed E-state index contributed by atoms with van der Waals surface area (Å²) in [6.07, 6.45) is -4.61. The van der Waals surface area contributed by atoms with Gasteiger partial charge in [0.1, 0.15) is 11.4 Å². The molecule has 0 radical (unpaired) electrons. The van der Waals surface area contributed by atoms with Crippen LogP contribution in [0.4, 0.5) is 17.6 Å². The van der Waals surface area contributed by atoms with Gasteiger partial charge in [-0.15, -0.1) is 0 Å². The van der Waals surface area contributed by atoms with Crippen LogP contribution in [0.3, 0.4) is 0 Å². The van der Waals surface area contributed by atoms with E-state index in [9.17, 15) is 17.6 Å². The Balaban J connectivity index is 1.94. The van der Waals surface area contributed by atoms with Crippen LogP contribution < -0.4 is 0 Å². The van der Waals surface area contributed by atoms with Gasteiger partial charge in [-0.1, -0.05) is 56.1 Å². The van der Waals surface area contributed by atoms with Crippen LogP contribution in [-0.2, 0) is 11.7 Å². The summed E-state index contributed by atoms with van der Waals surface area (Å²) in [4.78, 5) is 0. The third-order valence-corrected chi connectivity index (χ3v) is 6.55. The van der Waals surface area contributed by atoms with Crippen molar-refractivity contribution in [1.82, 2.24) is 9.78 Å². The Hall–Kier alpha value is -2.45. The first-order chi connectivity index (χ1) is 14.7. The second-order valence-corrected chi connectivity index (χ2v) is 9.07. The second-order valence-electron chi connectivity index (χ2n) is 7.24. The zero-order valence-corrected chi connectivity index (χ0v) is 18.8. The van der Waals surface area contributed by atoms with Gasteiger partial charge in [0.2, 0.25) is 0 Å². The van der Waals surface area contributed by atoms with Crippen LogP contribution >= 0.6 is 31.9 Å². The van der Waals surface area contributed by atoms with E-state index in [1.807, 2.05) is 24.3 Å². The Morgan fingerprint density at radius 1 is 0.774 bits per heavy atom. The van der Waals surface area contributed by atoms with E-state index in [0.717, 1.165) is 15.0 Å². The quantitative estimate of drug-likeness (QED) is 0.209. The molecular formula is C23H12Br2F4N2. The molecule has 0 unspecified atom stereocenters. The highest BCUT2D eigenvalue weighted by molar-refractivity contribution is 9.10. The van der Waals surface area contributed by atoms with Crippen molar-refractivity contribution in [2.75, 3.05) is 0 Å². The van der Waals surface area contributed by atoms with E-state index in [4.69, 9.17) is 0 Å². The van der Waals surface area contributed by atoms with Gasteiger partial charge in [0, 0.05) is 20.1 Å². The molecule has 0 spiro atoms. The molecule has 1 aliphatic rings. The van der Waals surface area contributed by atoms with Gasteiger partial charge in [0.05, 0.1) is 5.69 Å². The summed E-state index contributed by atoms with van der Waals surface area (Å²) in [7, 11) is 0. The van der Waals surface area contributed by atoms with Crippen molar-refractivity contribution in [2.45, 2.75) is 11.7 Å². The molecule has 0 aliphatic carbocycles. The van der Waals surface area contributed by atoms with Gasteiger partial charge in [-0.05, 0) is 59.7 Å². The van der Waals surface area contributed by atoms with E-state index in [-0.39, 0.29) is 5.69 Å². The molecule has 0 bridgehead atoms. The van der Waals surface area contributed by atoms with Crippen molar-refractivity contribution >= 4 is 31.9 Å². The van der Waals surface area contributed by atoms with E-state index in [2.05, 4.69) is 37.0 Å². The highest BCUT2D eigenvalue weighted by atomic mass is 79.9. The van der Waals surface area contributed by atoms with Gasteiger partial charge in [-0.2, -0.15) is 18.3 Å². The Morgan fingerprint density at radius 2 is 1.32 bits per heavy atom. The topological polar surface area (TPSA) is 17.8 Å². The van der Waals surface area contributed by atoms with Crippen LogP contribution in [0.1, 0.15) is 22.4 Å². The second kappa shape index (κ2) is 7.03. The molecule has 2 nitrogen and oxygen atoms in total. The summed E-state index contributed by atoms with van der Waals surface area (Å²) < 4.78 is 58.2. The summed E-state index contributed by atoms with van der Waals surface area (Å²) >= 11 is 6.81. The van der Waals surface area contributed by atoms with Crippen molar-refractivity contribution in [3.63, 3.8) is 0 Å². The molecule has 1 aliphatic heterocycles. The normalized spacial score (nSPS) is 14.4. The molecule has 0 fully saturated rings. The van der Waals surface area contributed by atoms with Crippen LogP contribution in [0, 0.1) is 5.82 Å². The Bertz CT molecular complexity index is 1250. The number of benzene rings is 3. The standard InChI is InChI=1S/C23H12Br2F4N2/c24-15-5-1-13(2-6-15)22(14-3-7-16(25)8-4-14)19-11-17(26)9-10-18(19)20-12-21(23(27,28)29)30-31(20)22/h1-12H. The highest BCUT2D eigenvalue weighted by Gasteiger charge is 2.49. The maximum absolute atomic E-state index is 14.4. The number of halogens is 6. The molecule has 31 heavy (non-hydrogen) atoms. The third-order valence-electron chi connectivity index (χ3n) is 5.49. The fourth-order valence-corrected chi connectivity index (χ4v) is 4.75. The molecule has 3 aromatic carbocycles. The lowest BCUT2D eigenvalue weighted by Gasteiger charge is -2.33. The molecule has 8 heteroatoms. The smallest absolute Gasteiger partial charge is 0.245 e. The average Bonchev–Trinajstić information content (AvgIpc) is 3.26. The Morgan fingerprint density at radius 3 is 1.84 bits per heavy atom. The number of hydrogen-bond donors (Lipinski definition) is 0. The SMILES string of the molecule is Fc1ccc2c(c1)C(c1ccc(Br)cc1)(c1ccc(Br)cc1)n1nc(C(F)(F)F)cc1-2. The number of alkyl halides is 3. The lowest BCUT2D eigenvalue weighted by atomic mass is 9.77. The molecule has 0 saturated carbocycles. The summed E-state index contributed by atoms with van der Waals surface area (Å²) in [5, 5.41) is 4.00. The summed E-state index contributed by atoms with van der Waals surface area (Å²) in [6.45, 7) is 0. The number of fused-ring (bicyclic) bond motifs is 3. The van der Waals surface area contributed by atoms with E-state index in [1.165, 1.54) is 22.9 Å². The van der Waals surface area contributed by atoms with E-state index < -0.39 is 23.2 Å². The fraction of sp³-hybridized carbons (Fsp3) is 0.0870. The van der Waals surface area contributed by atoms with Gasteiger partial charge >= 0.3 is 6.18 Å². The predicted molar refractivity (Wildman–Crippen MR) is 116 cm³/mol. The molecule has 1 aromatic heterocycles. The van der Waals surface area contributed by atoms with Crippen molar-refractivity contribution in [1.29, 1.82) is 0 Å². The van der Waals surface area contributed by atoms with Crippen molar-refractivity contribution < 1.29 is 17.6 Å². The maximum atomic E-state index is 14.4. The summed E-state index contributed by atoms with van der Waals surface area (Å²) in [5.74, 6) is -0.473. The lowest BCUT2D eigenvalue weighted by Crippen LogP contribution is -2.36. The highest BCUT2D eigenvalue weighted by Crippen LogP contribution is 2.52. The zero-order valence-electron chi connectivity index (χ0n) is 15.6. The van der Waals surface area contributed by atoms with Crippen molar-refractivity contribution in [3.8, 4) is 11.3 Å². The van der Waals surface area contributed by atoms with Crippen LogP contribution in [0.25, 0.3) is 11.3 Å². The lowest BCUT2D eigenvalue weighted by molar-refractivity contribution is -0.141. The third kappa shape index (κ3) is 3.07. The predicted octanol–water partition coefficient (Wildman–Crippen LogP) is 7.39. The molecule has 5 rings (SSSR count). The molecule has 0 atom stereocenters. The van der Waals surface area contributed by atoms with Crippen LogP contribution in [0.5, 0.6) is 0 Å². The minimum absolute atomic E-state index is 0.285.